The Bertz CT molecular complexity index is 594. The third-order valence-electron chi connectivity index (χ3n) is 2.67. The molecule has 0 amide bonds. The van der Waals surface area contributed by atoms with Crippen LogP contribution in [0.2, 0.25) is 5.02 Å². The Morgan fingerprint density at radius 1 is 1.26 bits per heavy atom. The standard InChI is InChI=1S/C15H13ClO3/c1-10(17)12-7-14(18)15(8-13(12)16)19-9-11-5-3-2-4-6-11/h2-8,18H,9H2,1H3. The molecule has 0 spiro atoms. The van der Waals surface area contributed by atoms with Crippen LogP contribution in [0.5, 0.6) is 11.5 Å². The smallest absolute Gasteiger partial charge is 0.162 e. The van der Waals surface area contributed by atoms with Gasteiger partial charge in [-0.05, 0) is 18.6 Å². The molecule has 98 valence electrons. The molecule has 2 rings (SSSR count). The van der Waals surface area contributed by atoms with Crippen molar-refractivity contribution < 1.29 is 14.6 Å². The predicted molar refractivity (Wildman–Crippen MR) is 73.9 cm³/mol. The molecule has 1 N–H and O–H groups in total. The summed E-state index contributed by atoms with van der Waals surface area (Å²) in [5, 5.41) is 10.1. The van der Waals surface area contributed by atoms with Crippen LogP contribution in [0.25, 0.3) is 0 Å². The number of hydrogen-bond acceptors (Lipinski definition) is 3. The van der Waals surface area contributed by atoms with Gasteiger partial charge < -0.3 is 9.84 Å². The number of rotatable bonds is 4. The molecule has 0 atom stereocenters. The number of benzene rings is 2. The van der Waals surface area contributed by atoms with E-state index >= 15 is 0 Å². The van der Waals surface area contributed by atoms with Crippen molar-refractivity contribution in [3.8, 4) is 11.5 Å². The number of ketones is 1. The fourth-order valence-electron chi connectivity index (χ4n) is 1.66. The molecule has 0 saturated heterocycles. The van der Waals surface area contributed by atoms with Crippen LogP contribution in [0.1, 0.15) is 22.8 Å². The number of hydrogen-bond donors (Lipinski definition) is 1. The van der Waals surface area contributed by atoms with E-state index in [9.17, 15) is 9.90 Å². The fourth-order valence-corrected chi connectivity index (χ4v) is 1.95. The summed E-state index contributed by atoms with van der Waals surface area (Å²) in [5.41, 5.74) is 1.26. The molecule has 0 radical (unpaired) electrons. The molecule has 2 aromatic rings. The highest BCUT2D eigenvalue weighted by atomic mass is 35.5. The molecule has 0 aliphatic heterocycles. The van der Waals surface area contributed by atoms with E-state index in [1.165, 1.54) is 19.1 Å². The lowest BCUT2D eigenvalue weighted by molar-refractivity contribution is 0.101. The van der Waals surface area contributed by atoms with Crippen LogP contribution in [0, 0.1) is 0 Å². The summed E-state index contributed by atoms with van der Waals surface area (Å²) in [6.45, 7) is 1.72. The monoisotopic (exact) mass is 276 g/mol. The van der Waals surface area contributed by atoms with Crippen molar-refractivity contribution in [2.45, 2.75) is 13.5 Å². The highest BCUT2D eigenvalue weighted by Gasteiger charge is 2.12. The molecule has 0 fully saturated rings. The van der Waals surface area contributed by atoms with Gasteiger partial charge in [-0.2, -0.15) is 0 Å². The zero-order chi connectivity index (χ0) is 13.8. The molecule has 2 aromatic carbocycles. The van der Waals surface area contributed by atoms with Crippen LogP contribution in [0.15, 0.2) is 42.5 Å². The maximum Gasteiger partial charge on any atom is 0.162 e. The van der Waals surface area contributed by atoms with Crippen molar-refractivity contribution in [1.82, 2.24) is 0 Å². The number of aromatic hydroxyl groups is 1. The molecule has 0 bridgehead atoms. The van der Waals surface area contributed by atoms with Gasteiger partial charge in [0.15, 0.2) is 17.3 Å². The topological polar surface area (TPSA) is 46.5 Å². The first-order valence-electron chi connectivity index (χ1n) is 5.78. The molecule has 19 heavy (non-hydrogen) atoms. The summed E-state index contributed by atoms with van der Waals surface area (Å²) in [4.78, 5) is 11.3. The van der Waals surface area contributed by atoms with Gasteiger partial charge in [0.1, 0.15) is 6.61 Å². The minimum Gasteiger partial charge on any atom is -0.504 e. The van der Waals surface area contributed by atoms with E-state index in [0.717, 1.165) is 5.56 Å². The van der Waals surface area contributed by atoms with Crippen molar-refractivity contribution in [3.63, 3.8) is 0 Å². The Kier molecular flexibility index (Phi) is 4.07. The Morgan fingerprint density at radius 2 is 1.95 bits per heavy atom. The summed E-state index contributed by atoms with van der Waals surface area (Å²) >= 11 is 5.97. The second kappa shape index (κ2) is 5.76. The van der Waals surface area contributed by atoms with Crippen LogP contribution in [0.4, 0.5) is 0 Å². The largest absolute Gasteiger partial charge is 0.504 e. The van der Waals surface area contributed by atoms with Crippen molar-refractivity contribution in [2.24, 2.45) is 0 Å². The van der Waals surface area contributed by atoms with Gasteiger partial charge in [-0.1, -0.05) is 41.9 Å². The number of carbonyl (C=O) groups is 1. The molecule has 0 heterocycles. The summed E-state index contributed by atoms with van der Waals surface area (Å²) in [5.74, 6) is -0.0284. The van der Waals surface area contributed by atoms with Gasteiger partial charge in [-0.25, -0.2) is 0 Å². The lowest BCUT2D eigenvalue weighted by atomic mass is 10.1. The normalized spacial score (nSPS) is 10.2. The van der Waals surface area contributed by atoms with Crippen LogP contribution in [-0.4, -0.2) is 10.9 Å². The lowest BCUT2D eigenvalue weighted by Crippen LogP contribution is -1.98. The Labute approximate surface area is 116 Å². The van der Waals surface area contributed by atoms with E-state index in [1.807, 2.05) is 30.3 Å². The van der Waals surface area contributed by atoms with Crippen LogP contribution >= 0.6 is 11.6 Å². The lowest BCUT2D eigenvalue weighted by Gasteiger charge is -2.10. The average molecular weight is 277 g/mol. The number of Topliss-reactive ketones (excluding diaryl/α,β-unsaturated/α-hetero) is 1. The summed E-state index contributed by atoms with van der Waals surface area (Å²) in [6.07, 6.45) is 0. The summed E-state index contributed by atoms with van der Waals surface area (Å²) < 4.78 is 5.49. The third kappa shape index (κ3) is 3.26. The van der Waals surface area contributed by atoms with E-state index in [-0.39, 0.29) is 27.9 Å². The van der Waals surface area contributed by atoms with Gasteiger partial charge in [0.25, 0.3) is 0 Å². The molecule has 0 saturated carbocycles. The second-order valence-electron chi connectivity index (χ2n) is 4.13. The SMILES string of the molecule is CC(=O)c1cc(O)c(OCc2ccccc2)cc1Cl. The summed E-state index contributed by atoms with van der Waals surface area (Å²) in [7, 11) is 0. The molecular formula is C15H13ClO3. The van der Waals surface area contributed by atoms with Crippen LogP contribution in [-0.2, 0) is 6.61 Å². The Balaban J connectivity index is 2.17. The third-order valence-corrected chi connectivity index (χ3v) is 2.98. The van der Waals surface area contributed by atoms with Crippen LogP contribution < -0.4 is 4.74 Å². The van der Waals surface area contributed by atoms with Crippen molar-refractivity contribution in [3.05, 3.63) is 58.6 Å². The molecule has 0 aliphatic rings. The zero-order valence-electron chi connectivity index (χ0n) is 10.4. The first-order chi connectivity index (χ1) is 9.08. The second-order valence-corrected chi connectivity index (χ2v) is 4.54. The zero-order valence-corrected chi connectivity index (χ0v) is 11.1. The van der Waals surface area contributed by atoms with E-state index in [0.29, 0.717) is 6.61 Å². The maximum absolute atomic E-state index is 11.3. The number of ether oxygens (including phenoxy) is 1. The molecular weight excluding hydrogens is 264 g/mol. The average Bonchev–Trinajstić information content (AvgIpc) is 2.40. The highest BCUT2D eigenvalue weighted by molar-refractivity contribution is 6.34. The van der Waals surface area contributed by atoms with Gasteiger partial charge in [0.2, 0.25) is 0 Å². The first-order valence-corrected chi connectivity index (χ1v) is 6.16. The fraction of sp³-hybridized carbons (Fsp3) is 0.133. The van der Waals surface area contributed by atoms with E-state index in [1.54, 1.807) is 0 Å². The number of carbonyl (C=O) groups excluding carboxylic acids is 1. The maximum atomic E-state index is 11.3. The highest BCUT2D eigenvalue weighted by Crippen LogP contribution is 2.33. The minimum absolute atomic E-state index is 0.0921. The van der Waals surface area contributed by atoms with Crippen molar-refractivity contribution in [1.29, 1.82) is 0 Å². The molecule has 3 nitrogen and oxygen atoms in total. The van der Waals surface area contributed by atoms with Gasteiger partial charge in [-0.15, -0.1) is 0 Å². The molecule has 0 aromatic heterocycles. The minimum atomic E-state index is -0.199. The van der Waals surface area contributed by atoms with Crippen molar-refractivity contribution in [2.75, 3.05) is 0 Å². The first kappa shape index (κ1) is 13.4. The van der Waals surface area contributed by atoms with Gasteiger partial charge in [0, 0.05) is 11.6 Å². The van der Waals surface area contributed by atoms with Gasteiger partial charge >= 0.3 is 0 Å². The predicted octanol–water partition coefficient (Wildman–Crippen LogP) is 3.83. The van der Waals surface area contributed by atoms with E-state index < -0.39 is 0 Å². The Morgan fingerprint density at radius 3 is 2.58 bits per heavy atom. The summed E-state index contributed by atoms with van der Waals surface area (Å²) in [6, 6.07) is 12.3. The van der Waals surface area contributed by atoms with Gasteiger partial charge in [-0.3, -0.25) is 4.79 Å². The number of phenols is 1. The van der Waals surface area contributed by atoms with E-state index in [2.05, 4.69) is 0 Å². The number of halogens is 1. The number of phenolic OH excluding ortho intramolecular Hbond substituents is 1. The molecule has 0 aliphatic carbocycles. The molecule has 4 heteroatoms. The molecule has 0 unspecified atom stereocenters. The quantitative estimate of drug-likeness (QED) is 0.864. The van der Waals surface area contributed by atoms with Gasteiger partial charge in [0.05, 0.1) is 5.02 Å². The van der Waals surface area contributed by atoms with Crippen LogP contribution in [0.3, 0.4) is 0 Å². The van der Waals surface area contributed by atoms with E-state index in [4.69, 9.17) is 16.3 Å². The van der Waals surface area contributed by atoms with Crippen molar-refractivity contribution >= 4 is 17.4 Å². The Hall–Kier alpha value is -2.00.